The Morgan fingerprint density at radius 3 is 2.94 bits per heavy atom. The van der Waals surface area contributed by atoms with Gasteiger partial charge in [-0.3, -0.25) is 9.69 Å². The highest BCUT2D eigenvalue weighted by Crippen LogP contribution is 2.20. The van der Waals surface area contributed by atoms with E-state index < -0.39 is 0 Å². The minimum atomic E-state index is -0.241. The fourth-order valence-corrected chi connectivity index (χ4v) is 1.77. The van der Waals surface area contributed by atoms with E-state index in [0.29, 0.717) is 31.4 Å². The topological polar surface area (TPSA) is 71.7 Å². The summed E-state index contributed by atoms with van der Waals surface area (Å²) in [6.45, 7) is 4.06. The Bertz CT molecular complexity index is 418. The number of ether oxygens (including phenoxy) is 1. The molecule has 1 saturated heterocycles. The molecule has 0 saturated carbocycles. The molecule has 7 nitrogen and oxygen atoms in total. The fourth-order valence-electron chi connectivity index (χ4n) is 1.77. The molecule has 1 atom stereocenters. The monoisotopic (exact) mass is 254 g/mol. The van der Waals surface area contributed by atoms with E-state index >= 15 is 0 Å². The zero-order valence-corrected chi connectivity index (χ0v) is 10.9. The molecule has 7 heteroatoms. The predicted octanol–water partition coefficient (Wildman–Crippen LogP) is -0.160. The highest BCUT2D eigenvalue weighted by atomic mass is 16.5. The van der Waals surface area contributed by atoms with Crippen LogP contribution >= 0.6 is 0 Å². The molecular formula is C11H18N4O3. The van der Waals surface area contributed by atoms with Crippen molar-refractivity contribution in [3.63, 3.8) is 0 Å². The first-order chi connectivity index (χ1) is 8.56. The Morgan fingerprint density at radius 2 is 2.33 bits per heavy atom. The molecule has 0 N–H and O–H groups in total. The lowest BCUT2D eigenvalue weighted by Gasteiger charge is -2.31. The van der Waals surface area contributed by atoms with Crippen LogP contribution in [0.25, 0.3) is 0 Å². The summed E-state index contributed by atoms with van der Waals surface area (Å²) in [7, 11) is 3.50. The third kappa shape index (κ3) is 3.05. The summed E-state index contributed by atoms with van der Waals surface area (Å²) in [5.74, 6) is 1.15. The van der Waals surface area contributed by atoms with Gasteiger partial charge in [-0.1, -0.05) is 5.16 Å². The van der Waals surface area contributed by atoms with Gasteiger partial charge in [0.15, 0.2) is 5.82 Å². The number of morpholine rings is 1. The summed E-state index contributed by atoms with van der Waals surface area (Å²) in [5.41, 5.74) is 0. The van der Waals surface area contributed by atoms with Crippen molar-refractivity contribution in [2.75, 3.05) is 40.3 Å². The maximum absolute atomic E-state index is 11.7. The van der Waals surface area contributed by atoms with Crippen molar-refractivity contribution >= 4 is 5.91 Å². The number of hydrogen-bond donors (Lipinski definition) is 0. The molecule has 1 fully saturated rings. The highest BCUT2D eigenvalue weighted by Gasteiger charge is 2.27. The van der Waals surface area contributed by atoms with Gasteiger partial charge >= 0.3 is 0 Å². The van der Waals surface area contributed by atoms with Crippen LogP contribution in [-0.4, -0.2) is 66.2 Å². The maximum atomic E-state index is 11.7. The number of likely N-dealkylation sites (N-methyl/N-ethyl adjacent to an activating group) is 1. The summed E-state index contributed by atoms with van der Waals surface area (Å²) in [5, 5.41) is 3.75. The summed E-state index contributed by atoms with van der Waals surface area (Å²) in [6, 6.07) is 0. The van der Waals surface area contributed by atoms with Gasteiger partial charge in [-0.05, 0) is 6.92 Å². The van der Waals surface area contributed by atoms with Gasteiger partial charge < -0.3 is 14.2 Å². The molecule has 1 amide bonds. The fraction of sp³-hybridized carbons (Fsp3) is 0.727. The number of rotatable bonds is 3. The smallest absolute Gasteiger partial charge is 0.257 e. The molecule has 100 valence electrons. The second kappa shape index (κ2) is 5.45. The average molecular weight is 254 g/mol. The van der Waals surface area contributed by atoms with E-state index in [1.165, 1.54) is 0 Å². The molecule has 2 heterocycles. The van der Waals surface area contributed by atoms with E-state index in [2.05, 4.69) is 10.1 Å². The van der Waals surface area contributed by atoms with Crippen LogP contribution in [-0.2, 0) is 9.53 Å². The molecule has 0 aliphatic carbocycles. The van der Waals surface area contributed by atoms with Crippen molar-refractivity contribution in [2.45, 2.75) is 13.0 Å². The molecule has 18 heavy (non-hydrogen) atoms. The van der Waals surface area contributed by atoms with E-state index in [0.717, 1.165) is 6.54 Å². The number of amides is 1. The van der Waals surface area contributed by atoms with Gasteiger partial charge in [0.25, 0.3) is 5.89 Å². The van der Waals surface area contributed by atoms with Crippen LogP contribution < -0.4 is 0 Å². The largest absolute Gasteiger partial charge is 0.366 e. The second-order valence-electron chi connectivity index (χ2n) is 4.56. The quantitative estimate of drug-likeness (QED) is 0.746. The number of carbonyl (C=O) groups excluding carboxylic acids is 1. The van der Waals surface area contributed by atoms with Crippen molar-refractivity contribution in [1.82, 2.24) is 19.9 Å². The van der Waals surface area contributed by atoms with Crippen LogP contribution in [0.3, 0.4) is 0 Å². The summed E-state index contributed by atoms with van der Waals surface area (Å²) in [4.78, 5) is 19.4. The Morgan fingerprint density at radius 1 is 1.56 bits per heavy atom. The van der Waals surface area contributed by atoms with Gasteiger partial charge in [-0.25, -0.2) is 0 Å². The number of aryl methyl sites for hydroxylation is 1. The van der Waals surface area contributed by atoms with Crippen molar-refractivity contribution in [2.24, 2.45) is 0 Å². The normalized spacial score (nSPS) is 20.9. The Kier molecular flexibility index (Phi) is 3.93. The summed E-state index contributed by atoms with van der Waals surface area (Å²) < 4.78 is 10.7. The van der Waals surface area contributed by atoms with Gasteiger partial charge in [0.1, 0.15) is 6.10 Å². The van der Waals surface area contributed by atoms with Crippen LogP contribution in [0.4, 0.5) is 0 Å². The average Bonchev–Trinajstić information content (AvgIpc) is 2.76. The third-order valence-electron chi connectivity index (χ3n) is 2.83. The molecule has 0 bridgehead atoms. The number of carbonyl (C=O) groups is 1. The number of aromatic nitrogens is 2. The minimum absolute atomic E-state index is 0.0809. The lowest BCUT2D eigenvalue weighted by molar-refractivity contribution is -0.132. The van der Waals surface area contributed by atoms with E-state index in [9.17, 15) is 4.79 Å². The van der Waals surface area contributed by atoms with Gasteiger partial charge in [-0.2, -0.15) is 4.98 Å². The van der Waals surface area contributed by atoms with E-state index in [-0.39, 0.29) is 12.0 Å². The molecular weight excluding hydrogens is 236 g/mol. The zero-order valence-electron chi connectivity index (χ0n) is 10.9. The summed E-state index contributed by atoms with van der Waals surface area (Å²) in [6.07, 6.45) is -0.241. The highest BCUT2D eigenvalue weighted by molar-refractivity contribution is 5.77. The van der Waals surface area contributed by atoms with Crippen LogP contribution in [0.1, 0.15) is 17.8 Å². The number of hydrogen-bond acceptors (Lipinski definition) is 6. The minimum Gasteiger partial charge on any atom is -0.366 e. The Labute approximate surface area is 106 Å². The lowest BCUT2D eigenvalue weighted by Crippen LogP contribution is -2.44. The van der Waals surface area contributed by atoms with Crippen molar-refractivity contribution in [3.05, 3.63) is 11.7 Å². The summed E-state index contributed by atoms with van der Waals surface area (Å²) >= 11 is 0. The molecule has 0 unspecified atom stereocenters. The number of nitrogens with zero attached hydrogens (tertiary/aromatic N) is 4. The van der Waals surface area contributed by atoms with Crippen LogP contribution in [0.5, 0.6) is 0 Å². The lowest BCUT2D eigenvalue weighted by atomic mass is 10.2. The van der Waals surface area contributed by atoms with Crippen molar-refractivity contribution < 1.29 is 14.1 Å². The SMILES string of the molecule is Cc1noc([C@@H]2CN(CC(=O)N(C)C)CCO2)n1. The standard InChI is InChI=1S/C11H18N4O3/c1-8-12-11(18-13-8)9-6-15(4-5-17-9)7-10(16)14(2)3/h9H,4-7H2,1-3H3/t9-/m0/s1. The third-order valence-corrected chi connectivity index (χ3v) is 2.83. The van der Waals surface area contributed by atoms with Gasteiger partial charge in [0, 0.05) is 27.2 Å². The van der Waals surface area contributed by atoms with Crippen molar-refractivity contribution in [1.29, 1.82) is 0 Å². The van der Waals surface area contributed by atoms with Gasteiger partial charge in [-0.15, -0.1) is 0 Å². The molecule has 0 aromatic carbocycles. The van der Waals surface area contributed by atoms with E-state index in [4.69, 9.17) is 9.26 Å². The van der Waals surface area contributed by atoms with Gasteiger partial charge in [0.05, 0.1) is 13.2 Å². The van der Waals surface area contributed by atoms with Crippen LogP contribution in [0.2, 0.25) is 0 Å². The van der Waals surface area contributed by atoms with Gasteiger partial charge in [0.2, 0.25) is 5.91 Å². The predicted molar refractivity (Wildman–Crippen MR) is 62.9 cm³/mol. The first-order valence-electron chi connectivity index (χ1n) is 5.90. The molecule has 0 spiro atoms. The molecule has 1 aliphatic rings. The Hall–Kier alpha value is -1.47. The molecule has 1 aromatic heterocycles. The zero-order chi connectivity index (χ0) is 13.1. The first kappa shape index (κ1) is 13.0. The first-order valence-corrected chi connectivity index (χ1v) is 5.90. The second-order valence-corrected chi connectivity index (χ2v) is 4.56. The Balaban J connectivity index is 1.94. The van der Waals surface area contributed by atoms with Crippen LogP contribution in [0.15, 0.2) is 4.52 Å². The molecule has 0 radical (unpaired) electrons. The van der Waals surface area contributed by atoms with E-state index in [1.54, 1.807) is 25.9 Å². The maximum Gasteiger partial charge on any atom is 0.257 e. The molecule has 2 rings (SSSR count). The van der Waals surface area contributed by atoms with E-state index in [1.807, 2.05) is 4.90 Å². The molecule has 1 aliphatic heterocycles. The molecule has 1 aromatic rings. The van der Waals surface area contributed by atoms with Crippen LogP contribution in [0, 0.1) is 6.92 Å². The van der Waals surface area contributed by atoms with Crippen molar-refractivity contribution in [3.8, 4) is 0 Å².